The van der Waals surface area contributed by atoms with Crippen LogP contribution in [0.4, 0.5) is 10.5 Å². The van der Waals surface area contributed by atoms with Crippen molar-refractivity contribution >= 4 is 23.3 Å². The molecule has 2 fully saturated rings. The fourth-order valence-electron chi connectivity index (χ4n) is 4.57. The number of fused-ring (bicyclic) bond motifs is 1. The van der Waals surface area contributed by atoms with Crippen LogP contribution in [-0.4, -0.2) is 50.1 Å². The second-order valence-corrected chi connectivity index (χ2v) is 9.43. The molecular formula is C26H32N6O2. The Morgan fingerprint density at radius 3 is 2.59 bits per heavy atom. The number of benzene rings is 1. The van der Waals surface area contributed by atoms with Crippen molar-refractivity contribution in [3.8, 4) is 11.3 Å². The number of carbonyl (C=O) groups is 2. The summed E-state index contributed by atoms with van der Waals surface area (Å²) in [7, 11) is 0. The molecule has 178 valence electrons. The van der Waals surface area contributed by atoms with E-state index in [9.17, 15) is 9.59 Å². The van der Waals surface area contributed by atoms with Crippen molar-refractivity contribution in [2.45, 2.75) is 70.9 Å². The number of hydrogen-bond donors (Lipinski definition) is 2. The lowest BCUT2D eigenvalue weighted by molar-refractivity contribution is 0.0691. The molecule has 2 N–H and O–H groups in total. The molecule has 2 aromatic heterocycles. The van der Waals surface area contributed by atoms with Gasteiger partial charge in [0.05, 0.1) is 5.69 Å². The molecule has 1 atom stereocenters. The average Bonchev–Trinajstić information content (AvgIpc) is 3.58. The van der Waals surface area contributed by atoms with Crippen LogP contribution in [0.3, 0.4) is 0 Å². The van der Waals surface area contributed by atoms with Crippen LogP contribution in [0.5, 0.6) is 0 Å². The Morgan fingerprint density at radius 2 is 1.85 bits per heavy atom. The molecule has 8 nitrogen and oxygen atoms in total. The van der Waals surface area contributed by atoms with Gasteiger partial charge in [-0.2, -0.15) is 5.10 Å². The van der Waals surface area contributed by atoms with Crippen LogP contribution in [0, 0.1) is 0 Å². The minimum atomic E-state index is -0.171. The largest absolute Gasteiger partial charge is 0.335 e. The molecule has 1 unspecified atom stereocenters. The van der Waals surface area contributed by atoms with Crippen molar-refractivity contribution in [1.29, 1.82) is 0 Å². The van der Waals surface area contributed by atoms with Gasteiger partial charge >= 0.3 is 6.03 Å². The Balaban J connectivity index is 1.39. The van der Waals surface area contributed by atoms with Crippen molar-refractivity contribution in [2.24, 2.45) is 0 Å². The summed E-state index contributed by atoms with van der Waals surface area (Å²) in [5, 5.41) is 10.5. The molecular weight excluding hydrogens is 428 g/mol. The first-order chi connectivity index (χ1) is 16.5. The SMILES string of the molecule is CCc1cc(C(=O)N2CCCCCC2C)nc2cc(-c3ccc(NC(=O)NC4CC4)cc3)nn12. The maximum Gasteiger partial charge on any atom is 0.319 e. The molecule has 0 radical (unpaired) electrons. The monoisotopic (exact) mass is 460 g/mol. The van der Waals surface area contributed by atoms with E-state index in [0.717, 1.165) is 61.3 Å². The Hall–Kier alpha value is -3.42. The van der Waals surface area contributed by atoms with Crippen LogP contribution in [0.15, 0.2) is 36.4 Å². The van der Waals surface area contributed by atoms with E-state index in [4.69, 9.17) is 10.1 Å². The third-order valence-electron chi connectivity index (χ3n) is 6.75. The van der Waals surface area contributed by atoms with Gasteiger partial charge in [0.15, 0.2) is 5.65 Å². The summed E-state index contributed by atoms with van der Waals surface area (Å²) in [4.78, 5) is 32.0. The highest BCUT2D eigenvalue weighted by molar-refractivity contribution is 5.93. The molecule has 34 heavy (non-hydrogen) atoms. The van der Waals surface area contributed by atoms with E-state index in [0.29, 0.717) is 17.4 Å². The van der Waals surface area contributed by atoms with Crippen LogP contribution >= 0.6 is 0 Å². The second kappa shape index (κ2) is 9.44. The van der Waals surface area contributed by atoms with Crippen LogP contribution in [-0.2, 0) is 6.42 Å². The molecule has 3 amide bonds. The first-order valence-corrected chi connectivity index (χ1v) is 12.4. The van der Waals surface area contributed by atoms with Crippen molar-refractivity contribution < 1.29 is 9.59 Å². The average molecular weight is 461 g/mol. The second-order valence-electron chi connectivity index (χ2n) is 9.43. The first kappa shape index (κ1) is 22.4. The molecule has 1 saturated carbocycles. The fraction of sp³-hybridized carbons (Fsp3) is 0.462. The zero-order valence-electron chi connectivity index (χ0n) is 19.9. The van der Waals surface area contributed by atoms with Crippen LogP contribution < -0.4 is 10.6 Å². The van der Waals surface area contributed by atoms with E-state index >= 15 is 0 Å². The molecule has 1 aromatic carbocycles. The molecule has 0 bridgehead atoms. The van der Waals surface area contributed by atoms with Gasteiger partial charge in [-0.25, -0.2) is 14.3 Å². The minimum Gasteiger partial charge on any atom is -0.335 e. The van der Waals surface area contributed by atoms with Crippen molar-refractivity contribution in [3.63, 3.8) is 0 Å². The number of likely N-dealkylation sites (tertiary alicyclic amines) is 1. The predicted molar refractivity (Wildman–Crippen MR) is 132 cm³/mol. The van der Waals surface area contributed by atoms with Gasteiger partial charge in [0, 0.05) is 41.6 Å². The summed E-state index contributed by atoms with van der Waals surface area (Å²) >= 11 is 0. The lowest BCUT2D eigenvalue weighted by Crippen LogP contribution is -2.38. The van der Waals surface area contributed by atoms with Gasteiger partial charge in [0.2, 0.25) is 0 Å². The Kier molecular flexibility index (Phi) is 6.22. The minimum absolute atomic E-state index is 0.00857. The van der Waals surface area contributed by atoms with Crippen molar-refractivity contribution in [2.75, 3.05) is 11.9 Å². The highest BCUT2D eigenvalue weighted by Crippen LogP contribution is 2.24. The standard InChI is InChI=1S/C26H32N6O2/c1-3-21-15-23(25(33)31-14-6-4-5-7-17(31)2)29-24-16-22(30-32(21)24)18-8-10-19(11-9-18)27-26(34)28-20-12-13-20/h8-11,15-17,20H,3-7,12-14H2,1-2H3,(H2,27,28,34). The van der Waals surface area contributed by atoms with E-state index in [2.05, 4.69) is 24.5 Å². The number of urea groups is 1. The first-order valence-electron chi connectivity index (χ1n) is 12.4. The number of aryl methyl sites for hydroxylation is 1. The van der Waals surface area contributed by atoms with E-state index in [1.54, 1.807) is 0 Å². The van der Waals surface area contributed by atoms with E-state index in [1.807, 2.05) is 45.8 Å². The molecule has 8 heteroatoms. The lowest BCUT2D eigenvalue weighted by Gasteiger charge is -2.27. The molecule has 5 rings (SSSR count). The van der Waals surface area contributed by atoms with Gasteiger partial charge in [-0.3, -0.25) is 4.79 Å². The summed E-state index contributed by atoms with van der Waals surface area (Å²) in [6.07, 6.45) is 7.28. The summed E-state index contributed by atoms with van der Waals surface area (Å²) in [6, 6.07) is 11.8. The predicted octanol–water partition coefficient (Wildman–Crippen LogP) is 4.65. The third-order valence-corrected chi connectivity index (χ3v) is 6.75. The summed E-state index contributed by atoms with van der Waals surface area (Å²) < 4.78 is 1.83. The zero-order chi connectivity index (χ0) is 23.7. The fourth-order valence-corrected chi connectivity index (χ4v) is 4.57. The summed E-state index contributed by atoms with van der Waals surface area (Å²) in [5.74, 6) is 0.00857. The quantitative estimate of drug-likeness (QED) is 0.580. The Labute approximate surface area is 199 Å². The van der Waals surface area contributed by atoms with Gasteiger partial charge in [0.1, 0.15) is 5.69 Å². The molecule has 1 saturated heterocycles. The van der Waals surface area contributed by atoms with Gasteiger partial charge < -0.3 is 15.5 Å². The van der Waals surface area contributed by atoms with Gasteiger partial charge in [-0.05, 0) is 57.2 Å². The third kappa shape index (κ3) is 4.76. The topological polar surface area (TPSA) is 91.6 Å². The zero-order valence-corrected chi connectivity index (χ0v) is 19.9. The molecule has 1 aliphatic heterocycles. The summed E-state index contributed by atoms with van der Waals surface area (Å²) in [6.45, 7) is 4.98. The van der Waals surface area contributed by atoms with Crippen LogP contribution in [0.25, 0.3) is 16.9 Å². The van der Waals surface area contributed by atoms with E-state index in [1.165, 1.54) is 12.8 Å². The number of anilines is 1. The van der Waals surface area contributed by atoms with Crippen molar-refractivity contribution in [3.05, 3.63) is 47.8 Å². The van der Waals surface area contributed by atoms with Crippen LogP contribution in [0.2, 0.25) is 0 Å². The van der Waals surface area contributed by atoms with Gasteiger partial charge in [-0.15, -0.1) is 0 Å². The number of hydrogen-bond acceptors (Lipinski definition) is 4. The van der Waals surface area contributed by atoms with Crippen LogP contribution in [0.1, 0.15) is 68.6 Å². The van der Waals surface area contributed by atoms with Gasteiger partial charge in [0.25, 0.3) is 5.91 Å². The van der Waals surface area contributed by atoms with Gasteiger partial charge in [-0.1, -0.05) is 31.9 Å². The number of carbonyl (C=O) groups excluding carboxylic acids is 2. The Bertz CT molecular complexity index is 1200. The Morgan fingerprint density at radius 1 is 1.06 bits per heavy atom. The van der Waals surface area contributed by atoms with E-state index < -0.39 is 0 Å². The lowest BCUT2D eigenvalue weighted by atomic mass is 10.1. The molecule has 1 aliphatic carbocycles. The number of nitrogens with one attached hydrogen (secondary N) is 2. The number of amides is 3. The number of rotatable bonds is 5. The molecule has 3 aromatic rings. The smallest absolute Gasteiger partial charge is 0.319 e. The molecule has 2 aliphatic rings. The number of nitrogens with zero attached hydrogens (tertiary/aromatic N) is 4. The highest BCUT2D eigenvalue weighted by Gasteiger charge is 2.25. The highest BCUT2D eigenvalue weighted by atomic mass is 16.2. The normalized spacial score (nSPS) is 18.5. The summed E-state index contributed by atoms with van der Waals surface area (Å²) in [5.41, 5.74) is 4.56. The number of aromatic nitrogens is 3. The van der Waals surface area contributed by atoms with Crippen molar-refractivity contribution in [1.82, 2.24) is 24.8 Å². The molecule has 3 heterocycles. The molecule has 0 spiro atoms. The maximum absolute atomic E-state index is 13.3. The van der Waals surface area contributed by atoms with E-state index in [-0.39, 0.29) is 18.0 Å². The maximum atomic E-state index is 13.3.